The van der Waals surface area contributed by atoms with E-state index in [-0.39, 0.29) is 12.4 Å². The van der Waals surface area contributed by atoms with Crippen LogP contribution in [0.25, 0.3) is 0 Å². The van der Waals surface area contributed by atoms with Crippen molar-refractivity contribution in [3.05, 3.63) is 29.8 Å². The van der Waals surface area contributed by atoms with Crippen LogP contribution in [-0.4, -0.2) is 32.9 Å². The SMILES string of the molecule is CS(=O)(=O)CCOc1ccc(C#CCCl)cc1. The Bertz CT molecular complexity index is 509. The maximum absolute atomic E-state index is 10.9. The molecule has 1 aromatic carbocycles. The van der Waals surface area contributed by atoms with Crippen molar-refractivity contribution >= 4 is 21.4 Å². The van der Waals surface area contributed by atoms with Gasteiger partial charge in [0.25, 0.3) is 0 Å². The first-order valence-corrected chi connectivity index (χ1v) is 7.56. The van der Waals surface area contributed by atoms with Crippen LogP contribution in [0, 0.1) is 11.8 Å². The maximum atomic E-state index is 10.9. The number of hydrogen-bond acceptors (Lipinski definition) is 3. The molecule has 0 radical (unpaired) electrons. The predicted molar refractivity (Wildman–Crippen MR) is 69.2 cm³/mol. The number of sulfone groups is 1. The Morgan fingerprint density at radius 1 is 1.29 bits per heavy atom. The Morgan fingerprint density at radius 3 is 2.47 bits per heavy atom. The zero-order valence-corrected chi connectivity index (χ0v) is 11.0. The van der Waals surface area contributed by atoms with Crippen LogP contribution in [0.15, 0.2) is 24.3 Å². The predicted octanol–water partition coefficient (Wildman–Crippen LogP) is 1.70. The first-order chi connectivity index (χ1) is 8.01. The van der Waals surface area contributed by atoms with Crippen molar-refractivity contribution in [3.8, 4) is 17.6 Å². The smallest absolute Gasteiger partial charge is 0.150 e. The first kappa shape index (κ1) is 13.9. The molecule has 3 nitrogen and oxygen atoms in total. The third-order valence-corrected chi connectivity index (χ3v) is 2.92. The van der Waals surface area contributed by atoms with Gasteiger partial charge in [-0.25, -0.2) is 8.42 Å². The summed E-state index contributed by atoms with van der Waals surface area (Å²) in [6.07, 6.45) is 1.18. The second-order valence-corrected chi connectivity index (χ2v) is 5.97. The molecular weight excluding hydrogens is 260 g/mol. The minimum Gasteiger partial charge on any atom is -0.493 e. The third kappa shape index (κ3) is 6.20. The summed E-state index contributed by atoms with van der Waals surface area (Å²) in [4.78, 5) is 0. The molecule has 0 spiro atoms. The Morgan fingerprint density at radius 2 is 1.94 bits per heavy atom. The standard InChI is InChI=1S/C12H13ClO3S/c1-17(14,15)10-9-16-12-6-4-11(5-7-12)3-2-8-13/h4-7H,8-10H2,1H3. The second kappa shape index (κ2) is 6.53. The minimum absolute atomic E-state index is 0.0147. The van der Waals surface area contributed by atoms with Crippen molar-refractivity contribution in [3.63, 3.8) is 0 Å². The summed E-state index contributed by atoms with van der Waals surface area (Å²) in [6, 6.07) is 7.10. The average Bonchev–Trinajstić information content (AvgIpc) is 2.26. The van der Waals surface area contributed by atoms with Crippen molar-refractivity contribution < 1.29 is 13.2 Å². The van der Waals surface area contributed by atoms with E-state index >= 15 is 0 Å². The van der Waals surface area contributed by atoms with Gasteiger partial charge in [-0.05, 0) is 24.3 Å². The van der Waals surface area contributed by atoms with Gasteiger partial charge in [0.2, 0.25) is 0 Å². The maximum Gasteiger partial charge on any atom is 0.150 e. The van der Waals surface area contributed by atoms with Gasteiger partial charge in [0.1, 0.15) is 12.4 Å². The van der Waals surface area contributed by atoms with Crippen molar-refractivity contribution in [2.45, 2.75) is 0 Å². The molecule has 17 heavy (non-hydrogen) atoms. The molecule has 0 aliphatic carbocycles. The van der Waals surface area contributed by atoms with Gasteiger partial charge < -0.3 is 4.74 Å². The fourth-order valence-electron chi connectivity index (χ4n) is 1.08. The van der Waals surface area contributed by atoms with Crippen LogP contribution >= 0.6 is 11.6 Å². The van der Waals surface area contributed by atoms with Crippen molar-refractivity contribution in [1.82, 2.24) is 0 Å². The highest BCUT2D eigenvalue weighted by Gasteiger charge is 2.02. The topological polar surface area (TPSA) is 43.4 Å². The van der Waals surface area contributed by atoms with Crippen LogP contribution < -0.4 is 4.74 Å². The zero-order chi connectivity index (χ0) is 12.7. The molecule has 0 aliphatic rings. The Labute approximate surface area is 107 Å². The van der Waals surface area contributed by atoms with E-state index in [0.717, 1.165) is 5.56 Å². The van der Waals surface area contributed by atoms with Crippen molar-refractivity contribution in [1.29, 1.82) is 0 Å². The van der Waals surface area contributed by atoms with Gasteiger partial charge in [-0.15, -0.1) is 11.6 Å². The van der Waals surface area contributed by atoms with Crippen LogP contribution in [0.5, 0.6) is 5.75 Å². The molecule has 0 N–H and O–H groups in total. The van der Waals surface area contributed by atoms with Gasteiger partial charge in [-0.2, -0.15) is 0 Å². The summed E-state index contributed by atoms with van der Waals surface area (Å²) in [6.45, 7) is 0.158. The molecule has 0 saturated heterocycles. The van der Waals surface area contributed by atoms with Crippen LogP contribution in [-0.2, 0) is 9.84 Å². The largest absolute Gasteiger partial charge is 0.493 e. The third-order valence-electron chi connectivity index (χ3n) is 1.88. The number of halogens is 1. The van der Waals surface area contributed by atoms with Crippen LogP contribution in [0.1, 0.15) is 5.56 Å². The van der Waals surface area contributed by atoms with Crippen LogP contribution in [0.2, 0.25) is 0 Å². The lowest BCUT2D eigenvalue weighted by Crippen LogP contribution is -2.11. The molecule has 0 amide bonds. The summed E-state index contributed by atoms with van der Waals surface area (Å²) in [7, 11) is -2.98. The van der Waals surface area contributed by atoms with E-state index < -0.39 is 9.84 Å². The molecule has 0 fully saturated rings. The highest BCUT2D eigenvalue weighted by Crippen LogP contribution is 2.11. The fourth-order valence-corrected chi connectivity index (χ4v) is 1.53. The summed E-state index contributed by atoms with van der Waals surface area (Å²) < 4.78 is 27.1. The van der Waals surface area contributed by atoms with E-state index in [1.807, 2.05) is 0 Å². The highest BCUT2D eigenvalue weighted by atomic mass is 35.5. The molecule has 0 atom stereocenters. The Kier molecular flexibility index (Phi) is 5.33. The van der Waals surface area contributed by atoms with Gasteiger partial charge in [0, 0.05) is 11.8 Å². The van der Waals surface area contributed by atoms with Crippen LogP contribution in [0.4, 0.5) is 0 Å². The highest BCUT2D eigenvalue weighted by molar-refractivity contribution is 7.90. The molecule has 0 unspecified atom stereocenters. The molecule has 1 aromatic rings. The lowest BCUT2D eigenvalue weighted by atomic mass is 10.2. The minimum atomic E-state index is -2.98. The summed E-state index contributed by atoms with van der Waals surface area (Å²) in [5, 5.41) is 0. The molecule has 0 aliphatic heterocycles. The molecule has 1 rings (SSSR count). The lowest BCUT2D eigenvalue weighted by Gasteiger charge is -2.04. The summed E-state index contributed by atoms with van der Waals surface area (Å²) in [5.74, 6) is 6.55. The quantitative estimate of drug-likeness (QED) is 0.619. The molecule has 5 heteroatoms. The lowest BCUT2D eigenvalue weighted by molar-refractivity contribution is 0.341. The van der Waals surface area contributed by atoms with Gasteiger partial charge in [-0.3, -0.25) is 0 Å². The molecule has 92 valence electrons. The van der Waals surface area contributed by atoms with Crippen LogP contribution in [0.3, 0.4) is 0 Å². The Hall–Kier alpha value is -1.18. The zero-order valence-electron chi connectivity index (χ0n) is 9.44. The van der Waals surface area contributed by atoms with E-state index in [1.165, 1.54) is 6.26 Å². The molecule has 0 saturated carbocycles. The van der Waals surface area contributed by atoms with E-state index in [1.54, 1.807) is 24.3 Å². The van der Waals surface area contributed by atoms with Gasteiger partial charge in [-0.1, -0.05) is 11.8 Å². The Balaban J connectivity index is 2.51. The van der Waals surface area contributed by atoms with Crippen molar-refractivity contribution in [2.75, 3.05) is 24.5 Å². The second-order valence-electron chi connectivity index (χ2n) is 3.44. The van der Waals surface area contributed by atoms with Gasteiger partial charge in [0.05, 0.1) is 11.6 Å². The summed E-state index contributed by atoms with van der Waals surface area (Å²) >= 11 is 5.44. The average molecular weight is 273 g/mol. The molecular formula is C12H13ClO3S. The van der Waals surface area contributed by atoms with E-state index in [0.29, 0.717) is 11.6 Å². The van der Waals surface area contributed by atoms with Gasteiger partial charge in [0.15, 0.2) is 9.84 Å². The molecule has 0 aromatic heterocycles. The molecule has 0 heterocycles. The monoisotopic (exact) mass is 272 g/mol. The van der Waals surface area contributed by atoms with Gasteiger partial charge >= 0.3 is 0 Å². The summed E-state index contributed by atoms with van der Waals surface area (Å²) in [5.41, 5.74) is 0.848. The van der Waals surface area contributed by atoms with E-state index in [4.69, 9.17) is 16.3 Å². The van der Waals surface area contributed by atoms with E-state index in [2.05, 4.69) is 11.8 Å². The fraction of sp³-hybridized carbons (Fsp3) is 0.333. The number of alkyl halides is 1. The normalized spacial score (nSPS) is 10.5. The number of benzene rings is 1. The first-order valence-electron chi connectivity index (χ1n) is 4.97. The van der Waals surface area contributed by atoms with Crippen molar-refractivity contribution in [2.24, 2.45) is 0 Å². The number of ether oxygens (including phenoxy) is 1. The number of rotatable bonds is 4. The molecule has 0 bridgehead atoms. The number of hydrogen-bond donors (Lipinski definition) is 0. The van der Waals surface area contributed by atoms with E-state index in [9.17, 15) is 8.42 Å².